The smallest absolute Gasteiger partial charge is 0.0468 e. The van der Waals surface area contributed by atoms with Gasteiger partial charge in [-0.15, -0.1) is 0 Å². The van der Waals surface area contributed by atoms with Gasteiger partial charge < -0.3 is 0 Å². The summed E-state index contributed by atoms with van der Waals surface area (Å²) in [4.78, 5) is 0. The molecule has 82 valence electrons. The number of hydrazine groups is 1. The van der Waals surface area contributed by atoms with E-state index in [1.807, 2.05) is 0 Å². The normalized spacial score (nSPS) is 21.3. The van der Waals surface area contributed by atoms with Crippen LogP contribution in [0.1, 0.15) is 52.9 Å². The fraction of sp³-hybridized carbons (Fsp3) is 0.833. The third kappa shape index (κ3) is 3.10. The van der Waals surface area contributed by atoms with E-state index in [0.29, 0.717) is 6.04 Å². The summed E-state index contributed by atoms with van der Waals surface area (Å²) in [5.41, 5.74) is 4.70. The van der Waals surface area contributed by atoms with Crippen molar-refractivity contribution in [2.24, 2.45) is 11.3 Å². The average Bonchev–Trinajstić information content (AvgIpc) is 2.31. The molecule has 14 heavy (non-hydrogen) atoms. The summed E-state index contributed by atoms with van der Waals surface area (Å²) in [6.07, 6.45) is 8.85. The summed E-state index contributed by atoms with van der Waals surface area (Å²) in [6, 6.07) is 0.334. The van der Waals surface area contributed by atoms with Gasteiger partial charge in [0.1, 0.15) is 0 Å². The molecule has 0 heterocycles. The van der Waals surface area contributed by atoms with E-state index in [2.05, 4.69) is 32.3 Å². The summed E-state index contributed by atoms with van der Waals surface area (Å²) >= 11 is 0. The first-order valence-electron chi connectivity index (χ1n) is 5.71. The molecule has 0 saturated heterocycles. The van der Waals surface area contributed by atoms with Crippen LogP contribution in [0.5, 0.6) is 0 Å². The Bertz CT molecular complexity index is 201. The molecule has 1 rings (SSSR count). The summed E-state index contributed by atoms with van der Waals surface area (Å²) in [5.74, 6) is 5.65. The third-order valence-electron chi connectivity index (χ3n) is 2.98. The third-order valence-corrected chi connectivity index (χ3v) is 2.98. The van der Waals surface area contributed by atoms with Gasteiger partial charge in [0, 0.05) is 6.04 Å². The summed E-state index contributed by atoms with van der Waals surface area (Å²) in [5, 5.41) is 0. The first-order chi connectivity index (χ1) is 6.55. The Kier molecular flexibility index (Phi) is 4.14. The van der Waals surface area contributed by atoms with Crippen molar-refractivity contribution in [3.8, 4) is 0 Å². The van der Waals surface area contributed by atoms with Crippen LogP contribution in [0.4, 0.5) is 0 Å². The number of hydrogen-bond acceptors (Lipinski definition) is 2. The van der Waals surface area contributed by atoms with E-state index in [9.17, 15) is 0 Å². The Morgan fingerprint density at radius 1 is 1.29 bits per heavy atom. The molecule has 0 radical (unpaired) electrons. The SMILES string of the molecule is CC(C)(C)C(NN)C1=CCCCCC1. The van der Waals surface area contributed by atoms with Crippen molar-refractivity contribution >= 4 is 0 Å². The predicted octanol–water partition coefficient (Wildman–Crippen LogP) is 2.75. The van der Waals surface area contributed by atoms with E-state index in [0.717, 1.165) is 0 Å². The predicted molar refractivity (Wildman–Crippen MR) is 61.7 cm³/mol. The molecular weight excluding hydrogens is 172 g/mol. The van der Waals surface area contributed by atoms with Crippen LogP contribution in [0.15, 0.2) is 11.6 Å². The molecule has 0 aromatic carbocycles. The minimum Gasteiger partial charge on any atom is -0.271 e. The topological polar surface area (TPSA) is 38.0 Å². The first kappa shape index (κ1) is 11.7. The van der Waals surface area contributed by atoms with E-state index in [1.165, 1.54) is 37.7 Å². The van der Waals surface area contributed by atoms with Crippen LogP contribution in [0.3, 0.4) is 0 Å². The second-order valence-electron chi connectivity index (χ2n) is 5.34. The maximum Gasteiger partial charge on any atom is 0.0468 e. The molecule has 0 aromatic rings. The molecule has 0 aromatic heterocycles. The van der Waals surface area contributed by atoms with E-state index < -0.39 is 0 Å². The Hall–Kier alpha value is -0.340. The highest BCUT2D eigenvalue weighted by Gasteiger charge is 2.26. The fourth-order valence-corrected chi connectivity index (χ4v) is 2.22. The standard InChI is InChI=1S/C12H24N2/c1-12(2,3)11(14-13)10-8-6-4-5-7-9-10/h8,11,14H,4-7,9,13H2,1-3H3. The highest BCUT2D eigenvalue weighted by Crippen LogP contribution is 2.29. The molecule has 0 saturated carbocycles. The van der Waals surface area contributed by atoms with Gasteiger partial charge in [0.15, 0.2) is 0 Å². The summed E-state index contributed by atoms with van der Waals surface area (Å²) in [7, 11) is 0. The quantitative estimate of drug-likeness (QED) is 0.405. The molecule has 0 fully saturated rings. The lowest BCUT2D eigenvalue weighted by atomic mass is 9.81. The molecule has 1 aliphatic rings. The minimum atomic E-state index is 0.213. The van der Waals surface area contributed by atoms with Gasteiger partial charge in [-0.25, -0.2) is 0 Å². The second-order valence-corrected chi connectivity index (χ2v) is 5.34. The Balaban J connectivity index is 2.72. The lowest BCUT2D eigenvalue weighted by Gasteiger charge is -2.32. The molecule has 3 N–H and O–H groups in total. The molecule has 1 unspecified atom stereocenters. The van der Waals surface area contributed by atoms with Crippen molar-refractivity contribution in [2.75, 3.05) is 0 Å². The Morgan fingerprint density at radius 2 is 2.00 bits per heavy atom. The van der Waals surface area contributed by atoms with Gasteiger partial charge in [-0.05, 0) is 31.1 Å². The molecule has 1 aliphatic carbocycles. The first-order valence-corrected chi connectivity index (χ1v) is 5.71. The molecule has 0 amide bonds. The number of hydrogen-bond donors (Lipinski definition) is 2. The van der Waals surface area contributed by atoms with Crippen LogP contribution in [-0.2, 0) is 0 Å². The second kappa shape index (κ2) is 4.94. The lowest BCUT2D eigenvalue weighted by molar-refractivity contribution is 0.299. The van der Waals surface area contributed by atoms with Crippen LogP contribution in [-0.4, -0.2) is 6.04 Å². The van der Waals surface area contributed by atoms with Gasteiger partial charge in [-0.1, -0.05) is 38.8 Å². The Labute approximate surface area is 87.9 Å². The van der Waals surface area contributed by atoms with Crippen molar-refractivity contribution < 1.29 is 0 Å². The van der Waals surface area contributed by atoms with Gasteiger partial charge in [-0.3, -0.25) is 11.3 Å². The zero-order valence-electron chi connectivity index (χ0n) is 9.77. The highest BCUT2D eigenvalue weighted by atomic mass is 15.2. The summed E-state index contributed by atoms with van der Waals surface area (Å²) in [6.45, 7) is 6.72. The minimum absolute atomic E-state index is 0.213. The highest BCUT2D eigenvalue weighted by molar-refractivity contribution is 5.15. The summed E-state index contributed by atoms with van der Waals surface area (Å²) < 4.78 is 0. The fourth-order valence-electron chi connectivity index (χ4n) is 2.22. The van der Waals surface area contributed by atoms with Gasteiger partial charge in [0.05, 0.1) is 0 Å². The van der Waals surface area contributed by atoms with Crippen molar-refractivity contribution in [3.63, 3.8) is 0 Å². The maximum atomic E-state index is 5.65. The van der Waals surface area contributed by atoms with E-state index in [4.69, 9.17) is 5.84 Å². The largest absolute Gasteiger partial charge is 0.271 e. The number of nitrogens with one attached hydrogen (secondary N) is 1. The zero-order chi connectivity index (χ0) is 10.6. The number of nitrogens with two attached hydrogens (primary N) is 1. The van der Waals surface area contributed by atoms with Crippen molar-refractivity contribution in [3.05, 3.63) is 11.6 Å². The van der Waals surface area contributed by atoms with Crippen LogP contribution < -0.4 is 11.3 Å². The van der Waals surface area contributed by atoms with Crippen molar-refractivity contribution in [2.45, 2.75) is 58.9 Å². The molecule has 0 spiro atoms. The van der Waals surface area contributed by atoms with Crippen LogP contribution in [0.2, 0.25) is 0 Å². The zero-order valence-corrected chi connectivity index (χ0v) is 9.77. The monoisotopic (exact) mass is 196 g/mol. The molecular formula is C12H24N2. The molecule has 1 atom stereocenters. The number of rotatable bonds is 2. The van der Waals surface area contributed by atoms with Gasteiger partial charge in [0.25, 0.3) is 0 Å². The van der Waals surface area contributed by atoms with Gasteiger partial charge in [-0.2, -0.15) is 0 Å². The van der Waals surface area contributed by atoms with Gasteiger partial charge >= 0.3 is 0 Å². The van der Waals surface area contributed by atoms with E-state index in [-0.39, 0.29) is 5.41 Å². The number of allylic oxidation sites excluding steroid dienone is 1. The average molecular weight is 196 g/mol. The van der Waals surface area contributed by atoms with E-state index in [1.54, 1.807) is 0 Å². The van der Waals surface area contributed by atoms with Crippen LogP contribution in [0.25, 0.3) is 0 Å². The van der Waals surface area contributed by atoms with Crippen molar-refractivity contribution in [1.29, 1.82) is 0 Å². The molecule has 0 aliphatic heterocycles. The van der Waals surface area contributed by atoms with Crippen molar-refractivity contribution in [1.82, 2.24) is 5.43 Å². The van der Waals surface area contributed by atoms with Crippen LogP contribution in [0, 0.1) is 5.41 Å². The maximum absolute atomic E-state index is 5.65. The molecule has 2 nitrogen and oxygen atoms in total. The Morgan fingerprint density at radius 3 is 2.57 bits per heavy atom. The molecule has 2 heteroatoms. The van der Waals surface area contributed by atoms with E-state index >= 15 is 0 Å². The van der Waals surface area contributed by atoms with Gasteiger partial charge in [0.2, 0.25) is 0 Å². The molecule has 0 bridgehead atoms. The lowest BCUT2D eigenvalue weighted by Crippen LogP contribution is -2.45. The van der Waals surface area contributed by atoms with Crippen LogP contribution >= 0.6 is 0 Å².